The van der Waals surface area contributed by atoms with Crippen LogP contribution in [0.4, 0.5) is 4.39 Å². The van der Waals surface area contributed by atoms with Crippen molar-refractivity contribution in [1.82, 2.24) is 15.0 Å². The average molecular weight is 256 g/mol. The van der Waals surface area contributed by atoms with Gasteiger partial charge < -0.3 is 5.73 Å². The summed E-state index contributed by atoms with van der Waals surface area (Å²) in [6.07, 6.45) is 0. The van der Waals surface area contributed by atoms with Gasteiger partial charge in [-0.2, -0.15) is 0 Å². The molecule has 4 nitrogen and oxygen atoms in total. The molecule has 96 valence electrons. The van der Waals surface area contributed by atoms with Crippen LogP contribution in [0.1, 0.15) is 18.5 Å². The van der Waals surface area contributed by atoms with Crippen LogP contribution >= 0.6 is 0 Å². The Labute approximate surface area is 109 Å². The molecular weight excluding hydrogens is 243 g/mol. The van der Waals surface area contributed by atoms with E-state index >= 15 is 0 Å². The first-order chi connectivity index (χ1) is 9.16. The summed E-state index contributed by atoms with van der Waals surface area (Å²) in [5.41, 5.74) is 8.38. The van der Waals surface area contributed by atoms with E-state index in [-0.39, 0.29) is 11.9 Å². The Morgan fingerprint density at radius 2 is 2.00 bits per heavy atom. The van der Waals surface area contributed by atoms with Crippen molar-refractivity contribution in [2.75, 3.05) is 0 Å². The number of rotatable bonds is 2. The summed E-state index contributed by atoms with van der Waals surface area (Å²) >= 11 is 0. The molecule has 2 N–H and O–H groups in total. The third-order valence-corrected chi connectivity index (χ3v) is 3.08. The largest absolute Gasteiger partial charge is 0.324 e. The van der Waals surface area contributed by atoms with Gasteiger partial charge in [0, 0.05) is 6.04 Å². The number of nitrogens with two attached hydrogens (primary N) is 1. The maximum absolute atomic E-state index is 14.2. The lowest BCUT2D eigenvalue weighted by molar-refractivity contribution is 0.605. The van der Waals surface area contributed by atoms with Gasteiger partial charge in [-0.05, 0) is 36.8 Å². The summed E-state index contributed by atoms with van der Waals surface area (Å²) in [7, 11) is 0. The van der Waals surface area contributed by atoms with Gasteiger partial charge in [0.1, 0.15) is 17.0 Å². The van der Waals surface area contributed by atoms with Gasteiger partial charge in [0.2, 0.25) is 0 Å². The van der Waals surface area contributed by atoms with Crippen LogP contribution < -0.4 is 5.73 Å². The first-order valence-electron chi connectivity index (χ1n) is 6.02. The molecular formula is C14H13FN4. The number of halogens is 1. The van der Waals surface area contributed by atoms with E-state index in [0.717, 1.165) is 16.6 Å². The minimum absolute atomic E-state index is 0.198. The Bertz CT molecular complexity index is 733. The van der Waals surface area contributed by atoms with Gasteiger partial charge in [0.05, 0.1) is 5.52 Å². The second kappa shape index (κ2) is 4.44. The van der Waals surface area contributed by atoms with Gasteiger partial charge in [0.15, 0.2) is 0 Å². The highest BCUT2D eigenvalue weighted by Gasteiger charge is 2.11. The van der Waals surface area contributed by atoms with Crippen molar-refractivity contribution in [1.29, 1.82) is 0 Å². The first kappa shape index (κ1) is 11.8. The standard InChI is InChI=1S/C14H13FN4/c1-9(16)10-6-7-13(11(15)8-10)19-14-5-3-2-4-12(14)17-18-19/h2-9H,16H2,1H3/t9-/m1/s1. The number of hydrogen-bond donors (Lipinski definition) is 1. The van der Waals surface area contributed by atoms with E-state index in [4.69, 9.17) is 5.73 Å². The molecule has 19 heavy (non-hydrogen) atoms. The molecule has 0 spiro atoms. The Kier molecular flexibility index (Phi) is 2.76. The summed E-state index contributed by atoms with van der Waals surface area (Å²) in [5, 5.41) is 8.01. The second-order valence-electron chi connectivity index (χ2n) is 4.49. The van der Waals surface area contributed by atoms with Crippen LogP contribution in [0.5, 0.6) is 0 Å². The molecule has 0 aliphatic carbocycles. The quantitative estimate of drug-likeness (QED) is 0.766. The molecule has 0 aliphatic heterocycles. The zero-order valence-electron chi connectivity index (χ0n) is 10.4. The molecule has 0 saturated heterocycles. The third kappa shape index (κ3) is 1.98. The lowest BCUT2D eigenvalue weighted by atomic mass is 10.1. The molecule has 0 unspecified atom stereocenters. The fraction of sp³-hybridized carbons (Fsp3) is 0.143. The fourth-order valence-electron chi connectivity index (χ4n) is 2.03. The normalized spacial score (nSPS) is 12.8. The molecule has 3 rings (SSSR count). The van der Waals surface area contributed by atoms with Crippen LogP contribution in [-0.2, 0) is 0 Å². The lowest BCUT2D eigenvalue weighted by Crippen LogP contribution is -2.07. The molecule has 0 saturated carbocycles. The predicted molar refractivity (Wildman–Crippen MR) is 71.4 cm³/mol. The lowest BCUT2D eigenvalue weighted by Gasteiger charge is -2.09. The highest BCUT2D eigenvalue weighted by molar-refractivity contribution is 5.75. The van der Waals surface area contributed by atoms with Crippen molar-refractivity contribution in [3.63, 3.8) is 0 Å². The zero-order valence-corrected chi connectivity index (χ0v) is 10.4. The minimum Gasteiger partial charge on any atom is -0.324 e. The van der Waals surface area contributed by atoms with E-state index in [1.807, 2.05) is 31.2 Å². The Morgan fingerprint density at radius 1 is 1.21 bits per heavy atom. The van der Waals surface area contributed by atoms with Gasteiger partial charge in [-0.25, -0.2) is 9.07 Å². The number of hydrogen-bond acceptors (Lipinski definition) is 3. The first-order valence-corrected chi connectivity index (χ1v) is 6.02. The van der Waals surface area contributed by atoms with Gasteiger partial charge in [-0.15, -0.1) is 5.10 Å². The molecule has 0 fully saturated rings. The van der Waals surface area contributed by atoms with Gasteiger partial charge >= 0.3 is 0 Å². The highest BCUT2D eigenvalue weighted by Crippen LogP contribution is 2.21. The topological polar surface area (TPSA) is 56.7 Å². The third-order valence-electron chi connectivity index (χ3n) is 3.08. The molecule has 3 aromatic rings. The number of aromatic nitrogens is 3. The van der Waals surface area contributed by atoms with Crippen molar-refractivity contribution >= 4 is 11.0 Å². The van der Waals surface area contributed by atoms with Crippen molar-refractivity contribution in [3.8, 4) is 5.69 Å². The summed E-state index contributed by atoms with van der Waals surface area (Å²) in [6.45, 7) is 1.82. The van der Waals surface area contributed by atoms with Crippen LogP contribution in [-0.4, -0.2) is 15.0 Å². The molecule has 0 bridgehead atoms. The number of nitrogens with zero attached hydrogens (tertiary/aromatic N) is 3. The number of benzene rings is 2. The minimum atomic E-state index is -0.356. The van der Waals surface area contributed by atoms with E-state index in [9.17, 15) is 4.39 Å². The van der Waals surface area contributed by atoms with Crippen LogP contribution in [0.25, 0.3) is 16.7 Å². The highest BCUT2D eigenvalue weighted by atomic mass is 19.1. The maximum atomic E-state index is 14.2. The van der Waals surface area contributed by atoms with Crippen LogP contribution in [0, 0.1) is 5.82 Å². The molecule has 0 aliphatic rings. The van der Waals surface area contributed by atoms with E-state index < -0.39 is 0 Å². The Balaban J connectivity index is 2.17. The molecule has 5 heteroatoms. The summed E-state index contributed by atoms with van der Waals surface area (Å²) in [5.74, 6) is -0.356. The summed E-state index contributed by atoms with van der Waals surface area (Å²) in [4.78, 5) is 0. The molecule has 0 radical (unpaired) electrons. The van der Waals surface area contributed by atoms with Crippen LogP contribution in [0.15, 0.2) is 42.5 Å². The van der Waals surface area contributed by atoms with Crippen molar-refractivity contribution < 1.29 is 4.39 Å². The van der Waals surface area contributed by atoms with E-state index in [0.29, 0.717) is 5.69 Å². The smallest absolute Gasteiger partial charge is 0.149 e. The number of fused-ring (bicyclic) bond motifs is 1. The SMILES string of the molecule is C[C@@H](N)c1ccc(-n2nnc3ccccc32)c(F)c1. The van der Waals surface area contributed by atoms with Crippen molar-refractivity contribution in [2.45, 2.75) is 13.0 Å². The summed E-state index contributed by atoms with van der Waals surface area (Å²) in [6, 6.07) is 12.2. The number of para-hydroxylation sites is 1. The molecule has 2 aromatic carbocycles. The Hall–Kier alpha value is -2.27. The average Bonchev–Trinajstić information content (AvgIpc) is 2.82. The zero-order chi connectivity index (χ0) is 13.4. The van der Waals surface area contributed by atoms with Crippen LogP contribution in [0.3, 0.4) is 0 Å². The van der Waals surface area contributed by atoms with E-state index in [1.165, 1.54) is 10.7 Å². The van der Waals surface area contributed by atoms with Gasteiger partial charge in [-0.1, -0.05) is 23.4 Å². The summed E-state index contributed by atoms with van der Waals surface area (Å²) < 4.78 is 15.7. The second-order valence-corrected chi connectivity index (χ2v) is 4.49. The predicted octanol–water partition coefficient (Wildman–Crippen LogP) is 2.58. The maximum Gasteiger partial charge on any atom is 0.149 e. The monoisotopic (exact) mass is 256 g/mol. The molecule has 0 amide bonds. The van der Waals surface area contributed by atoms with Gasteiger partial charge in [0.25, 0.3) is 0 Å². The molecule has 1 aromatic heterocycles. The molecule has 1 heterocycles. The van der Waals surface area contributed by atoms with Crippen LogP contribution in [0.2, 0.25) is 0 Å². The van der Waals surface area contributed by atoms with E-state index in [2.05, 4.69) is 10.3 Å². The van der Waals surface area contributed by atoms with Crippen molar-refractivity contribution in [2.24, 2.45) is 5.73 Å². The van der Waals surface area contributed by atoms with Crippen molar-refractivity contribution in [3.05, 3.63) is 53.8 Å². The van der Waals surface area contributed by atoms with Gasteiger partial charge in [-0.3, -0.25) is 0 Å². The molecule has 1 atom stereocenters. The fourth-order valence-corrected chi connectivity index (χ4v) is 2.03. The Morgan fingerprint density at radius 3 is 2.74 bits per heavy atom. The van der Waals surface area contributed by atoms with E-state index in [1.54, 1.807) is 12.1 Å².